The molecule has 5 nitrogen and oxygen atoms in total. The number of carbonyl (C=O) groups excluding carboxylic acids is 1. The van der Waals surface area contributed by atoms with Crippen LogP contribution in [0.5, 0.6) is 0 Å². The number of piperidine rings is 1. The van der Waals surface area contributed by atoms with Gasteiger partial charge in [0.1, 0.15) is 5.82 Å². The van der Waals surface area contributed by atoms with Gasteiger partial charge in [0.2, 0.25) is 5.91 Å². The maximum absolute atomic E-state index is 11.8. The number of nitrogens with zero attached hydrogens (tertiary/aromatic N) is 2. The van der Waals surface area contributed by atoms with Crippen LogP contribution in [0.2, 0.25) is 0 Å². The first kappa shape index (κ1) is 12.1. The van der Waals surface area contributed by atoms with Crippen molar-refractivity contribution >= 4 is 5.91 Å². The lowest BCUT2D eigenvalue weighted by atomic mass is 10.0. The lowest BCUT2D eigenvalue weighted by molar-refractivity contribution is -0.123. The van der Waals surface area contributed by atoms with Crippen LogP contribution in [-0.2, 0) is 11.3 Å². The Morgan fingerprint density at radius 1 is 1.65 bits per heavy atom. The molecule has 2 rings (SSSR count). The fourth-order valence-corrected chi connectivity index (χ4v) is 2.14. The molecule has 94 valence electrons. The van der Waals surface area contributed by atoms with Gasteiger partial charge >= 0.3 is 0 Å². The molecule has 0 bridgehead atoms. The molecule has 17 heavy (non-hydrogen) atoms. The molecule has 1 aliphatic rings. The summed E-state index contributed by atoms with van der Waals surface area (Å²) in [5.41, 5.74) is 0. The van der Waals surface area contributed by atoms with Crippen LogP contribution in [0, 0.1) is 6.92 Å². The average molecular weight is 236 g/mol. The van der Waals surface area contributed by atoms with Gasteiger partial charge in [-0.15, -0.1) is 0 Å². The fourth-order valence-electron chi connectivity index (χ4n) is 2.14. The van der Waals surface area contributed by atoms with Crippen molar-refractivity contribution in [1.29, 1.82) is 0 Å². The van der Waals surface area contributed by atoms with Gasteiger partial charge in [0.25, 0.3) is 0 Å². The number of imidazole rings is 1. The number of carbonyl (C=O) groups is 1. The summed E-state index contributed by atoms with van der Waals surface area (Å²) in [6.45, 7) is 4.36. The third-order valence-corrected chi connectivity index (χ3v) is 3.20. The first-order valence-corrected chi connectivity index (χ1v) is 6.26. The van der Waals surface area contributed by atoms with Gasteiger partial charge in [0, 0.05) is 25.5 Å². The van der Waals surface area contributed by atoms with Crippen molar-refractivity contribution in [3.8, 4) is 0 Å². The molecule has 1 amide bonds. The van der Waals surface area contributed by atoms with Crippen LogP contribution in [0.3, 0.4) is 0 Å². The predicted octanol–water partition coefficient (Wildman–Crippen LogP) is 0.450. The first-order valence-electron chi connectivity index (χ1n) is 6.26. The molecule has 0 saturated carbocycles. The summed E-state index contributed by atoms with van der Waals surface area (Å²) >= 11 is 0. The van der Waals surface area contributed by atoms with Crippen LogP contribution in [0.1, 0.15) is 25.1 Å². The highest BCUT2D eigenvalue weighted by molar-refractivity contribution is 5.81. The maximum Gasteiger partial charge on any atom is 0.237 e. The Labute approximate surface area is 102 Å². The predicted molar refractivity (Wildman–Crippen MR) is 65.6 cm³/mol. The standard InChI is InChI=1S/C12H20N4O/c1-10-13-6-8-16(10)9-7-15-12(17)11-4-2-3-5-14-11/h6,8,11,14H,2-5,7,9H2,1H3,(H,15,17). The van der Waals surface area contributed by atoms with Crippen molar-refractivity contribution in [2.24, 2.45) is 0 Å². The first-order chi connectivity index (χ1) is 8.27. The van der Waals surface area contributed by atoms with Crippen molar-refractivity contribution in [2.75, 3.05) is 13.1 Å². The van der Waals surface area contributed by atoms with E-state index in [0.717, 1.165) is 31.8 Å². The Bertz CT molecular complexity index is 368. The highest BCUT2D eigenvalue weighted by atomic mass is 16.2. The highest BCUT2D eigenvalue weighted by Crippen LogP contribution is 2.06. The third-order valence-electron chi connectivity index (χ3n) is 3.20. The normalized spacial score (nSPS) is 20.2. The molecular formula is C12H20N4O. The average Bonchev–Trinajstić information content (AvgIpc) is 2.76. The number of aryl methyl sites for hydroxylation is 1. The number of nitrogens with one attached hydrogen (secondary N) is 2. The van der Waals surface area contributed by atoms with Crippen LogP contribution in [0.4, 0.5) is 0 Å². The van der Waals surface area contributed by atoms with Gasteiger partial charge in [0.05, 0.1) is 6.04 Å². The van der Waals surface area contributed by atoms with E-state index in [4.69, 9.17) is 0 Å². The minimum absolute atomic E-state index is 0.00707. The third kappa shape index (κ3) is 3.30. The largest absolute Gasteiger partial charge is 0.353 e. The molecular weight excluding hydrogens is 216 g/mol. The summed E-state index contributed by atoms with van der Waals surface area (Å²) in [7, 11) is 0. The minimum atomic E-state index is 0.00707. The van der Waals surface area contributed by atoms with Crippen molar-refractivity contribution in [1.82, 2.24) is 20.2 Å². The molecule has 2 heterocycles. The molecule has 1 saturated heterocycles. The molecule has 1 atom stereocenters. The van der Waals surface area contributed by atoms with E-state index in [0.29, 0.717) is 6.54 Å². The lowest BCUT2D eigenvalue weighted by Gasteiger charge is -2.22. The summed E-state index contributed by atoms with van der Waals surface area (Å²) in [6, 6.07) is 0.00707. The zero-order chi connectivity index (χ0) is 12.1. The van der Waals surface area contributed by atoms with Crippen LogP contribution in [0.25, 0.3) is 0 Å². The van der Waals surface area contributed by atoms with E-state index in [1.54, 1.807) is 6.20 Å². The summed E-state index contributed by atoms with van der Waals surface area (Å²) in [5, 5.41) is 6.21. The maximum atomic E-state index is 11.8. The van der Waals surface area contributed by atoms with Gasteiger partial charge in [-0.25, -0.2) is 4.98 Å². The van der Waals surface area contributed by atoms with Gasteiger partial charge in [-0.05, 0) is 26.3 Å². The van der Waals surface area contributed by atoms with Gasteiger partial charge in [0.15, 0.2) is 0 Å². The topological polar surface area (TPSA) is 59.0 Å². The van der Waals surface area contributed by atoms with E-state index in [1.165, 1.54) is 6.42 Å². The van der Waals surface area contributed by atoms with Crippen molar-refractivity contribution in [3.63, 3.8) is 0 Å². The van der Waals surface area contributed by atoms with E-state index in [2.05, 4.69) is 15.6 Å². The SMILES string of the molecule is Cc1nccn1CCNC(=O)C1CCCCN1. The van der Waals surface area contributed by atoms with Crippen LogP contribution >= 0.6 is 0 Å². The molecule has 0 radical (unpaired) electrons. The Hall–Kier alpha value is -1.36. The van der Waals surface area contributed by atoms with Gasteiger partial charge < -0.3 is 15.2 Å². The van der Waals surface area contributed by atoms with Crippen molar-refractivity contribution in [2.45, 2.75) is 38.8 Å². The molecule has 0 spiro atoms. The quantitative estimate of drug-likeness (QED) is 0.798. The second-order valence-corrected chi connectivity index (χ2v) is 4.46. The highest BCUT2D eigenvalue weighted by Gasteiger charge is 2.19. The number of hydrogen-bond donors (Lipinski definition) is 2. The lowest BCUT2D eigenvalue weighted by Crippen LogP contribution is -2.47. The van der Waals surface area contributed by atoms with Gasteiger partial charge in [-0.3, -0.25) is 4.79 Å². The number of amides is 1. The van der Waals surface area contributed by atoms with Crippen LogP contribution < -0.4 is 10.6 Å². The molecule has 2 N–H and O–H groups in total. The smallest absolute Gasteiger partial charge is 0.237 e. The Morgan fingerprint density at radius 3 is 3.18 bits per heavy atom. The van der Waals surface area contributed by atoms with Crippen LogP contribution in [-0.4, -0.2) is 34.6 Å². The minimum Gasteiger partial charge on any atom is -0.353 e. The number of hydrogen-bond acceptors (Lipinski definition) is 3. The summed E-state index contributed by atoms with van der Waals surface area (Å²) < 4.78 is 2.04. The molecule has 1 aliphatic heterocycles. The van der Waals surface area contributed by atoms with Gasteiger partial charge in [-0.1, -0.05) is 6.42 Å². The van der Waals surface area contributed by atoms with E-state index in [-0.39, 0.29) is 11.9 Å². The number of aromatic nitrogens is 2. The van der Waals surface area contributed by atoms with E-state index in [9.17, 15) is 4.79 Å². The second-order valence-electron chi connectivity index (χ2n) is 4.46. The molecule has 1 fully saturated rings. The molecule has 0 aliphatic carbocycles. The Morgan fingerprint density at radius 2 is 2.53 bits per heavy atom. The zero-order valence-electron chi connectivity index (χ0n) is 10.3. The van der Waals surface area contributed by atoms with E-state index >= 15 is 0 Å². The van der Waals surface area contributed by atoms with Gasteiger partial charge in [-0.2, -0.15) is 0 Å². The molecule has 1 aromatic heterocycles. The molecule has 1 unspecified atom stereocenters. The van der Waals surface area contributed by atoms with E-state index in [1.807, 2.05) is 17.7 Å². The summed E-state index contributed by atoms with van der Waals surface area (Å²) in [5.74, 6) is 1.11. The van der Waals surface area contributed by atoms with Crippen molar-refractivity contribution < 1.29 is 4.79 Å². The number of rotatable bonds is 4. The zero-order valence-corrected chi connectivity index (χ0v) is 10.3. The van der Waals surface area contributed by atoms with Crippen molar-refractivity contribution in [3.05, 3.63) is 18.2 Å². The monoisotopic (exact) mass is 236 g/mol. The Kier molecular flexibility index (Phi) is 4.14. The molecule has 0 aromatic carbocycles. The van der Waals surface area contributed by atoms with E-state index < -0.39 is 0 Å². The molecule has 1 aromatic rings. The molecule has 5 heteroatoms. The summed E-state index contributed by atoms with van der Waals surface area (Å²) in [4.78, 5) is 16.0. The second kappa shape index (κ2) is 5.82. The van der Waals surface area contributed by atoms with Crippen LogP contribution in [0.15, 0.2) is 12.4 Å². The summed E-state index contributed by atoms with van der Waals surface area (Å²) in [6.07, 6.45) is 6.99. The fraction of sp³-hybridized carbons (Fsp3) is 0.667. The Balaban J connectivity index is 1.71.